The predicted octanol–water partition coefficient (Wildman–Crippen LogP) is 4.33. The molecule has 0 saturated heterocycles. The molecule has 1 aliphatic heterocycles. The largest absolute Gasteiger partial charge is 0.493 e. The van der Waals surface area contributed by atoms with Gasteiger partial charge in [0, 0.05) is 25.2 Å². The first-order valence-corrected chi connectivity index (χ1v) is 11.7. The average Bonchev–Trinajstić information content (AvgIpc) is 2.88. The van der Waals surface area contributed by atoms with E-state index in [1.54, 1.807) is 19.1 Å². The lowest BCUT2D eigenvalue weighted by Crippen LogP contribution is -2.51. The van der Waals surface area contributed by atoms with Crippen molar-refractivity contribution in [2.75, 3.05) is 26.1 Å². The Labute approximate surface area is 206 Å². The van der Waals surface area contributed by atoms with Gasteiger partial charge in [0.1, 0.15) is 6.04 Å². The second kappa shape index (κ2) is 11.0. The second-order valence-corrected chi connectivity index (χ2v) is 8.64. The quantitative estimate of drug-likeness (QED) is 0.535. The van der Waals surface area contributed by atoms with Crippen molar-refractivity contribution in [3.63, 3.8) is 0 Å². The average molecular weight is 474 g/mol. The molecule has 0 aromatic heterocycles. The number of anilines is 1. The molecule has 0 radical (unpaired) electrons. The molecule has 0 bridgehead atoms. The highest BCUT2D eigenvalue weighted by Gasteiger charge is 2.27. The highest BCUT2D eigenvalue weighted by atomic mass is 16.5. The minimum Gasteiger partial charge on any atom is -0.493 e. The molecule has 4 rings (SSSR count). The monoisotopic (exact) mass is 473 g/mol. The Morgan fingerprint density at radius 3 is 2.29 bits per heavy atom. The number of aryl methyl sites for hydroxylation is 1. The van der Waals surface area contributed by atoms with Gasteiger partial charge >= 0.3 is 6.03 Å². The lowest BCUT2D eigenvalue weighted by molar-refractivity contribution is -0.118. The third-order valence-electron chi connectivity index (χ3n) is 6.31. The molecule has 0 spiro atoms. The maximum Gasteiger partial charge on any atom is 0.318 e. The van der Waals surface area contributed by atoms with Gasteiger partial charge in [-0.3, -0.25) is 4.79 Å². The molecule has 2 N–H and O–H groups in total. The Balaban J connectivity index is 1.51. The van der Waals surface area contributed by atoms with E-state index in [1.807, 2.05) is 73.7 Å². The zero-order valence-electron chi connectivity index (χ0n) is 20.3. The van der Waals surface area contributed by atoms with Gasteiger partial charge < -0.3 is 25.0 Å². The third-order valence-corrected chi connectivity index (χ3v) is 6.31. The molecular formula is C28H31N3O4. The molecule has 0 saturated carbocycles. The number of benzene rings is 3. The van der Waals surface area contributed by atoms with Gasteiger partial charge in [0.25, 0.3) is 0 Å². The Kier molecular flexibility index (Phi) is 7.55. The van der Waals surface area contributed by atoms with E-state index >= 15 is 0 Å². The topological polar surface area (TPSA) is 79.9 Å². The number of methoxy groups -OCH3 is 2. The minimum atomic E-state index is -0.726. The maximum absolute atomic E-state index is 13.3. The molecule has 0 aliphatic carbocycles. The summed E-state index contributed by atoms with van der Waals surface area (Å²) in [4.78, 5) is 28.3. The van der Waals surface area contributed by atoms with Crippen LogP contribution in [-0.2, 0) is 24.2 Å². The summed E-state index contributed by atoms with van der Waals surface area (Å²) < 4.78 is 10.8. The van der Waals surface area contributed by atoms with Crippen LogP contribution in [0.5, 0.6) is 11.5 Å². The van der Waals surface area contributed by atoms with Crippen molar-refractivity contribution >= 4 is 17.6 Å². The maximum atomic E-state index is 13.3. The van der Waals surface area contributed by atoms with Gasteiger partial charge in [-0.25, -0.2) is 4.79 Å². The number of fused-ring (bicyclic) bond motifs is 1. The minimum absolute atomic E-state index is 0.250. The summed E-state index contributed by atoms with van der Waals surface area (Å²) in [6.45, 7) is 2.92. The van der Waals surface area contributed by atoms with Crippen molar-refractivity contribution in [1.82, 2.24) is 10.2 Å². The molecule has 7 heteroatoms. The fraction of sp³-hybridized carbons (Fsp3) is 0.286. The number of urea groups is 1. The predicted molar refractivity (Wildman–Crippen MR) is 136 cm³/mol. The van der Waals surface area contributed by atoms with Gasteiger partial charge in [-0.15, -0.1) is 0 Å². The van der Waals surface area contributed by atoms with Crippen LogP contribution in [0.3, 0.4) is 0 Å². The van der Waals surface area contributed by atoms with E-state index in [0.717, 1.165) is 27.9 Å². The van der Waals surface area contributed by atoms with E-state index < -0.39 is 6.04 Å². The standard InChI is InChI=1S/C28H31N3O4/c1-19-9-7-8-12-23(19)29-27(32)24(15-20-10-5-4-6-11-20)30-28(33)31-14-13-21-16-25(34-2)26(35-3)17-22(21)18-31/h4-12,16-17,24H,13-15,18H2,1-3H3,(H,29,32)(H,30,33). The van der Waals surface area contributed by atoms with Crippen LogP contribution >= 0.6 is 0 Å². The fourth-order valence-electron chi connectivity index (χ4n) is 4.29. The first-order chi connectivity index (χ1) is 17.0. The molecule has 3 aromatic carbocycles. The smallest absolute Gasteiger partial charge is 0.318 e. The Bertz CT molecular complexity index is 1200. The van der Waals surface area contributed by atoms with E-state index in [9.17, 15) is 9.59 Å². The summed E-state index contributed by atoms with van der Waals surface area (Å²) in [5.41, 5.74) is 4.80. The third kappa shape index (κ3) is 5.74. The molecule has 1 unspecified atom stereocenters. The molecule has 3 amide bonds. The highest BCUT2D eigenvalue weighted by Crippen LogP contribution is 2.33. The number of carbonyl (C=O) groups is 2. The van der Waals surface area contributed by atoms with Crippen LogP contribution in [0.25, 0.3) is 0 Å². The van der Waals surface area contributed by atoms with Crippen LogP contribution in [-0.4, -0.2) is 43.6 Å². The summed E-state index contributed by atoms with van der Waals surface area (Å²) >= 11 is 0. The van der Waals surface area contributed by atoms with E-state index in [2.05, 4.69) is 10.6 Å². The van der Waals surface area contributed by atoms with Crippen molar-refractivity contribution in [1.29, 1.82) is 0 Å². The molecule has 35 heavy (non-hydrogen) atoms. The molecular weight excluding hydrogens is 442 g/mol. The van der Waals surface area contributed by atoms with Gasteiger partial charge in [-0.05, 0) is 53.8 Å². The van der Waals surface area contributed by atoms with Gasteiger partial charge in [-0.1, -0.05) is 48.5 Å². The highest BCUT2D eigenvalue weighted by molar-refractivity contribution is 5.97. The van der Waals surface area contributed by atoms with Crippen LogP contribution in [0.2, 0.25) is 0 Å². The Morgan fingerprint density at radius 2 is 1.60 bits per heavy atom. The molecule has 0 fully saturated rings. The molecule has 3 aromatic rings. The number of nitrogens with one attached hydrogen (secondary N) is 2. The number of carbonyl (C=O) groups excluding carboxylic acids is 2. The Morgan fingerprint density at radius 1 is 0.943 bits per heavy atom. The van der Waals surface area contributed by atoms with Crippen molar-refractivity contribution < 1.29 is 19.1 Å². The number of nitrogens with zero attached hydrogens (tertiary/aromatic N) is 1. The lowest BCUT2D eigenvalue weighted by atomic mass is 9.99. The van der Waals surface area contributed by atoms with E-state index in [-0.39, 0.29) is 11.9 Å². The molecule has 1 heterocycles. The van der Waals surface area contributed by atoms with E-state index in [1.165, 1.54) is 0 Å². The zero-order valence-corrected chi connectivity index (χ0v) is 20.3. The Hall–Kier alpha value is -4.00. The van der Waals surface area contributed by atoms with Crippen molar-refractivity contribution in [3.8, 4) is 11.5 Å². The number of hydrogen-bond acceptors (Lipinski definition) is 4. The SMILES string of the molecule is COc1cc2c(cc1OC)CN(C(=O)NC(Cc1ccccc1)C(=O)Nc1ccccc1C)CC2. The first kappa shape index (κ1) is 24.1. The van der Waals surface area contributed by atoms with Crippen molar-refractivity contribution in [2.24, 2.45) is 0 Å². The summed E-state index contributed by atoms with van der Waals surface area (Å²) in [6, 6.07) is 20.2. The van der Waals surface area contributed by atoms with Crippen LogP contribution in [0.1, 0.15) is 22.3 Å². The van der Waals surface area contributed by atoms with Gasteiger partial charge in [0.2, 0.25) is 5.91 Å². The summed E-state index contributed by atoms with van der Waals surface area (Å²) in [5.74, 6) is 1.06. The number of ether oxygens (including phenoxy) is 2. The first-order valence-electron chi connectivity index (χ1n) is 11.7. The fourth-order valence-corrected chi connectivity index (χ4v) is 4.29. The van der Waals surface area contributed by atoms with E-state index in [4.69, 9.17) is 9.47 Å². The number of para-hydroxylation sites is 1. The summed E-state index contributed by atoms with van der Waals surface area (Å²) in [6.07, 6.45) is 1.08. The van der Waals surface area contributed by atoms with Crippen LogP contribution in [0.15, 0.2) is 66.7 Å². The summed E-state index contributed by atoms with van der Waals surface area (Å²) in [5, 5.41) is 5.96. The zero-order chi connectivity index (χ0) is 24.8. The normalized spacial score (nSPS) is 13.4. The molecule has 1 aliphatic rings. The van der Waals surface area contributed by atoms with Gasteiger partial charge in [0.05, 0.1) is 14.2 Å². The lowest BCUT2D eigenvalue weighted by Gasteiger charge is -2.31. The van der Waals surface area contributed by atoms with E-state index in [0.29, 0.717) is 37.4 Å². The van der Waals surface area contributed by atoms with Crippen LogP contribution in [0, 0.1) is 6.92 Å². The van der Waals surface area contributed by atoms with Crippen LogP contribution < -0.4 is 20.1 Å². The van der Waals surface area contributed by atoms with Gasteiger partial charge in [-0.2, -0.15) is 0 Å². The van der Waals surface area contributed by atoms with Crippen molar-refractivity contribution in [3.05, 3.63) is 89.0 Å². The summed E-state index contributed by atoms with van der Waals surface area (Å²) in [7, 11) is 3.21. The molecule has 7 nitrogen and oxygen atoms in total. The van der Waals surface area contributed by atoms with Gasteiger partial charge in [0.15, 0.2) is 11.5 Å². The van der Waals surface area contributed by atoms with Crippen molar-refractivity contribution in [2.45, 2.75) is 32.4 Å². The number of amides is 3. The second-order valence-electron chi connectivity index (χ2n) is 8.64. The molecule has 1 atom stereocenters. The molecule has 182 valence electrons. The number of hydrogen-bond donors (Lipinski definition) is 2. The van der Waals surface area contributed by atoms with Crippen LogP contribution in [0.4, 0.5) is 10.5 Å². The number of rotatable bonds is 7.